The number of aliphatic hydroxyl groups is 21. The topological polar surface area (TPSA) is 603 Å². The van der Waals surface area contributed by atoms with E-state index >= 15 is 0 Å². The van der Waals surface area contributed by atoms with Crippen molar-refractivity contribution in [1.29, 1.82) is 0 Å². The number of hydrogen-bond donors (Lipinski definition) is 23. The van der Waals surface area contributed by atoms with Crippen molar-refractivity contribution >= 4 is 11.8 Å². The maximum atomic E-state index is 13.0. The lowest BCUT2D eigenvalue weighted by Crippen LogP contribution is -2.71. The molecule has 7 heterocycles. The molecule has 35 atom stereocenters. The predicted octanol–water partition coefficient (Wildman–Crippen LogP) is -16.0. The van der Waals surface area contributed by atoms with Gasteiger partial charge in [-0.2, -0.15) is 0 Å². The van der Waals surface area contributed by atoms with Gasteiger partial charge in [0, 0.05) is 13.8 Å². The summed E-state index contributed by atoms with van der Waals surface area (Å²) in [4.78, 5) is 25.8. The summed E-state index contributed by atoms with van der Waals surface area (Å²) in [6.07, 6.45) is -64.8. The minimum Gasteiger partial charge on any atom is -0.394 e. The van der Waals surface area contributed by atoms with Crippen molar-refractivity contribution in [3.63, 3.8) is 0 Å². The second kappa shape index (κ2) is 29.9. The summed E-state index contributed by atoms with van der Waals surface area (Å²) >= 11 is 0. The van der Waals surface area contributed by atoms with Gasteiger partial charge in [0.05, 0.1) is 46.2 Å². The molecule has 7 aliphatic rings. The van der Waals surface area contributed by atoms with E-state index in [2.05, 4.69) is 10.6 Å². The summed E-state index contributed by atoms with van der Waals surface area (Å²) < 4.78 is 74.5. The summed E-state index contributed by atoms with van der Waals surface area (Å²) in [5.74, 6) is -1.83. The Morgan fingerprint density at radius 3 is 1.15 bits per heavy atom. The molecule has 2 amide bonds. The fourth-order valence-electron chi connectivity index (χ4n) is 10.7. The Labute approximate surface area is 475 Å². The van der Waals surface area contributed by atoms with Crippen LogP contribution in [0, 0.1) is 0 Å². The molecule has 0 radical (unpaired) electrons. The average Bonchev–Trinajstić information content (AvgIpc) is 1.64. The normalized spacial score (nSPS) is 50.3. The number of carbonyl (C=O) groups is 2. The summed E-state index contributed by atoms with van der Waals surface area (Å²) in [6.45, 7) is -4.98. The van der Waals surface area contributed by atoms with Crippen molar-refractivity contribution in [1.82, 2.24) is 10.6 Å². The number of ether oxygens (including phenoxy) is 13. The zero-order valence-electron chi connectivity index (χ0n) is 44.7. The molecule has 23 N–H and O–H groups in total. The van der Waals surface area contributed by atoms with Gasteiger partial charge in [0.15, 0.2) is 44.0 Å². The van der Waals surface area contributed by atoms with Crippen molar-refractivity contribution in [3.05, 3.63) is 0 Å². The largest absolute Gasteiger partial charge is 0.394 e. The molecule has 0 bridgehead atoms. The number of rotatable bonds is 21. The molecule has 7 saturated heterocycles. The van der Waals surface area contributed by atoms with Crippen molar-refractivity contribution < 1.29 is 178 Å². The van der Waals surface area contributed by atoms with Crippen LogP contribution in [0.3, 0.4) is 0 Å². The van der Waals surface area contributed by atoms with E-state index in [1.165, 1.54) is 0 Å². The number of nitrogens with one attached hydrogen (secondary N) is 2. The molecule has 488 valence electrons. The molecule has 38 nitrogen and oxygen atoms in total. The molecule has 7 rings (SSSR count). The van der Waals surface area contributed by atoms with Crippen molar-refractivity contribution in [2.45, 2.75) is 229 Å². The van der Waals surface area contributed by atoms with Gasteiger partial charge in [0.2, 0.25) is 11.8 Å². The van der Waals surface area contributed by atoms with Crippen LogP contribution >= 0.6 is 0 Å². The zero-order chi connectivity index (χ0) is 61.9. The lowest BCUT2D eigenvalue weighted by molar-refractivity contribution is -0.386. The van der Waals surface area contributed by atoms with Gasteiger partial charge in [-0.25, -0.2) is 0 Å². The molecule has 0 spiro atoms. The summed E-state index contributed by atoms with van der Waals surface area (Å²) in [5.41, 5.74) is 0. The Balaban J connectivity index is 1.15. The third-order valence-corrected chi connectivity index (χ3v) is 15.3. The highest BCUT2D eigenvalue weighted by atomic mass is 16.8. The van der Waals surface area contributed by atoms with E-state index in [0.717, 1.165) is 13.8 Å². The molecule has 0 aromatic carbocycles. The average molecular weight is 1240 g/mol. The van der Waals surface area contributed by atoms with Crippen LogP contribution in [0.1, 0.15) is 13.8 Å². The first-order valence-electron chi connectivity index (χ1n) is 26.6. The molecule has 84 heavy (non-hydrogen) atoms. The van der Waals surface area contributed by atoms with Gasteiger partial charge >= 0.3 is 0 Å². The Morgan fingerprint density at radius 1 is 0.310 bits per heavy atom. The molecule has 0 aliphatic carbocycles. The smallest absolute Gasteiger partial charge is 0.217 e. The van der Waals surface area contributed by atoms with E-state index < -0.39 is 273 Å². The van der Waals surface area contributed by atoms with E-state index in [1.807, 2.05) is 0 Å². The predicted molar refractivity (Wildman–Crippen MR) is 255 cm³/mol. The minimum absolute atomic E-state index is 0.887. The molecular weight excluding hydrogens is 1160 g/mol. The van der Waals surface area contributed by atoms with Gasteiger partial charge in [-0.05, 0) is 0 Å². The van der Waals surface area contributed by atoms with Crippen LogP contribution in [-0.2, 0) is 71.2 Å². The molecule has 7 aliphatic heterocycles. The third kappa shape index (κ3) is 14.7. The fourth-order valence-corrected chi connectivity index (χ4v) is 10.7. The molecule has 38 heteroatoms. The van der Waals surface area contributed by atoms with Gasteiger partial charge in [-0.1, -0.05) is 0 Å². The van der Waals surface area contributed by atoms with Crippen LogP contribution in [0.5, 0.6) is 0 Å². The highest BCUT2D eigenvalue weighted by molar-refractivity contribution is 5.73. The standard InChI is InChI=1S/C46H78N2O36/c1-10(55)47-19-26(62)35(17(8-54)78-41(19)83-38-24(60)15(6-52)77-45(33(38)69)81-36-16(7-53)73-40(71)30(66)29(36)65)80-42-20(48-11(2)56)37(23(59)14(5-51)74-42)82-46-34(70)39(84-44-32(68)28(64)22(58)13(4-50)76-44)25(61)18(79-46)9-72-43-31(67)27(63)21(57)12(3-49)75-43/h12-46,49-54,57-71H,3-9H2,1-2H3,(H,47,55)(H,48,56)/t12-,13-,14-,15-,16-,17-,18-,19-,20-,21+,22+,23+,24-,25+,26-,27+,28+,29-,30-,31-,32-,33+,34-,35-,36-,37-,38+,39+,40+,41+,42+,43-,44+,45+,46-/m1/s1. The monoisotopic (exact) mass is 1230 g/mol. The van der Waals surface area contributed by atoms with E-state index in [0.29, 0.717) is 0 Å². The van der Waals surface area contributed by atoms with Crippen molar-refractivity contribution in [3.8, 4) is 0 Å². The molecule has 0 unspecified atom stereocenters. The van der Waals surface area contributed by atoms with E-state index in [-0.39, 0.29) is 0 Å². The first-order valence-corrected chi connectivity index (χ1v) is 26.6. The van der Waals surface area contributed by atoms with Gasteiger partial charge < -0.3 is 179 Å². The van der Waals surface area contributed by atoms with Crippen LogP contribution in [0.2, 0.25) is 0 Å². The Bertz CT molecular complexity index is 2060. The van der Waals surface area contributed by atoms with E-state index in [9.17, 15) is 117 Å². The highest BCUT2D eigenvalue weighted by Gasteiger charge is 2.59. The van der Waals surface area contributed by atoms with Crippen LogP contribution in [0.4, 0.5) is 0 Å². The first-order chi connectivity index (χ1) is 39.7. The van der Waals surface area contributed by atoms with Crippen LogP contribution < -0.4 is 10.6 Å². The Morgan fingerprint density at radius 2 is 0.643 bits per heavy atom. The second-order valence-electron chi connectivity index (χ2n) is 21.1. The third-order valence-electron chi connectivity index (χ3n) is 15.3. The van der Waals surface area contributed by atoms with Gasteiger partial charge in [-0.3, -0.25) is 9.59 Å². The fraction of sp³-hybridized carbons (Fsp3) is 0.957. The van der Waals surface area contributed by atoms with Crippen LogP contribution in [0.25, 0.3) is 0 Å². The highest BCUT2D eigenvalue weighted by Crippen LogP contribution is 2.38. The lowest BCUT2D eigenvalue weighted by Gasteiger charge is -2.51. The van der Waals surface area contributed by atoms with E-state index in [4.69, 9.17) is 61.6 Å². The van der Waals surface area contributed by atoms with Gasteiger partial charge in [0.25, 0.3) is 0 Å². The molecular formula is C46H78N2O36. The van der Waals surface area contributed by atoms with Crippen molar-refractivity contribution in [2.24, 2.45) is 0 Å². The Hall–Kier alpha value is -2.42. The molecule has 0 aromatic rings. The molecule has 7 fully saturated rings. The maximum Gasteiger partial charge on any atom is 0.217 e. The second-order valence-corrected chi connectivity index (χ2v) is 21.1. The Kier molecular flexibility index (Phi) is 24.6. The van der Waals surface area contributed by atoms with Crippen LogP contribution in [0.15, 0.2) is 0 Å². The summed E-state index contributed by atoms with van der Waals surface area (Å²) in [7, 11) is 0. The zero-order valence-corrected chi connectivity index (χ0v) is 44.7. The summed E-state index contributed by atoms with van der Waals surface area (Å²) in [5, 5.41) is 230. The molecule has 0 aromatic heterocycles. The number of amides is 2. The SMILES string of the molecule is CC(=O)N[C@H]1[C@H](O[C@@H]2[C@H](O)[C@H](O[C@H]3[C@H](O)[C@@H](O)[C@@H](O)O[C@@H]3CO)O[C@H](CO)[C@H]2O)O[C@H](CO)[C@@H](O[C@@H]2O[C@H](CO)[C@H](O)[C@H](O[C@H]3O[C@H](CO[C@@H]4O[C@H](CO)[C@H](O)[C@H](O)[C@H]4O)[C@H](O)[C@H](O[C@@H]4O[C@H](CO)[C@H](O)[C@H](O)[C@H]4O)[C@H]3O)[C@H]2NC(C)=O)[C@@H]1O. The lowest BCUT2D eigenvalue weighted by atomic mass is 9.93. The number of carbonyl (C=O) groups excluding carboxylic acids is 2. The van der Waals surface area contributed by atoms with Gasteiger partial charge in [0.1, 0.15) is 171 Å². The number of hydrogen-bond acceptors (Lipinski definition) is 36. The number of aliphatic hydroxyl groups excluding tert-OH is 21. The van der Waals surface area contributed by atoms with Crippen LogP contribution in [-0.4, -0.2) is 380 Å². The summed E-state index contributed by atoms with van der Waals surface area (Å²) in [6, 6.07) is -3.75. The minimum atomic E-state index is -2.33. The quantitative estimate of drug-likeness (QED) is 0.0507. The van der Waals surface area contributed by atoms with Crippen molar-refractivity contribution in [2.75, 3.05) is 46.2 Å². The van der Waals surface area contributed by atoms with Gasteiger partial charge in [-0.15, -0.1) is 0 Å². The maximum absolute atomic E-state index is 13.0. The van der Waals surface area contributed by atoms with E-state index in [1.54, 1.807) is 0 Å². The molecule has 0 saturated carbocycles. The first kappa shape index (κ1) is 69.1.